The standard InChI is InChI=1S/C20H21NO5/c1-11(23)25-16-6-4-13-14-9-12-3-5-15(24-2)18-17(12)20(13,19(16)26-18)7-8-21(14)10-22/h3-6,10,13-14,16,19H,7-9H2,1-2H3. The molecule has 2 aliphatic carbocycles. The third kappa shape index (κ3) is 1.77. The van der Waals surface area contributed by atoms with E-state index in [1.807, 2.05) is 17.0 Å². The molecule has 0 saturated carbocycles. The molecule has 0 aromatic heterocycles. The van der Waals surface area contributed by atoms with Crippen molar-refractivity contribution in [3.8, 4) is 11.5 Å². The Labute approximate surface area is 151 Å². The summed E-state index contributed by atoms with van der Waals surface area (Å²) in [5.74, 6) is 1.32. The number of nitrogens with zero attached hydrogens (tertiary/aromatic N) is 1. The first kappa shape index (κ1) is 15.7. The van der Waals surface area contributed by atoms with Crippen LogP contribution in [0.25, 0.3) is 0 Å². The molecule has 4 aliphatic rings. The molecule has 5 unspecified atom stereocenters. The van der Waals surface area contributed by atoms with Gasteiger partial charge in [-0.25, -0.2) is 0 Å². The number of benzene rings is 1. The van der Waals surface area contributed by atoms with E-state index < -0.39 is 6.10 Å². The second kappa shape index (κ2) is 5.25. The van der Waals surface area contributed by atoms with Crippen molar-refractivity contribution in [1.29, 1.82) is 0 Å². The fourth-order valence-electron chi connectivity index (χ4n) is 5.64. The molecule has 2 bridgehead atoms. The second-order valence-electron chi connectivity index (χ2n) is 7.56. The Bertz CT molecular complexity index is 834. The Morgan fingerprint density at radius 2 is 2.23 bits per heavy atom. The SMILES string of the molecule is COc1ccc2c3c1OC1C(OC(C)=O)C=CC4C(C2)N(C=O)CCC341. The third-order valence-electron chi connectivity index (χ3n) is 6.54. The smallest absolute Gasteiger partial charge is 0.303 e. The number of esters is 1. The van der Waals surface area contributed by atoms with Crippen molar-refractivity contribution in [3.05, 3.63) is 35.4 Å². The maximum Gasteiger partial charge on any atom is 0.303 e. The van der Waals surface area contributed by atoms with Crippen LogP contribution in [-0.2, 0) is 26.2 Å². The number of methoxy groups -OCH3 is 1. The molecule has 0 radical (unpaired) electrons. The number of piperidine rings is 1. The van der Waals surface area contributed by atoms with E-state index >= 15 is 0 Å². The molecule has 2 heterocycles. The Morgan fingerprint density at radius 3 is 2.96 bits per heavy atom. The number of likely N-dealkylation sites (tertiary alicyclic amines) is 1. The van der Waals surface area contributed by atoms with Crippen LogP contribution in [0.5, 0.6) is 11.5 Å². The van der Waals surface area contributed by atoms with Crippen molar-refractivity contribution in [2.75, 3.05) is 13.7 Å². The molecule has 6 heteroatoms. The number of ether oxygens (including phenoxy) is 3. The number of hydrogen-bond donors (Lipinski definition) is 0. The highest BCUT2D eigenvalue weighted by molar-refractivity contribution is 5.68. The summed E-state index contributed by atoms with van der Waals surface area (Å²) in [7, 11) is 1.64. The number of rotatable bonds is 3. The van der Waals surface area contributed by atoms with Crippen LogP contribution in [0.2, 0.25) is 0 Å². The zero-order chi connectivity index (χ0) is 18.1. The van der Waals surface area contributed by atoms with E-state index in [4.69, 9.17) is 14.2 Å². The highest BCUT2D eigenvalue weighted by Gasteiger charge is 2.65. The Morgan fingerprint density at radius 1 is 1.38 bits per heavy atom. The second-order valence-corrected chi connectivity index (χ2v) is 7.56. The predicted molar refractivity (Wildman–Crippen MR) is 92.2 cm³/mol. The predicted octanol–water partition coefficient (Wildman–Crippen LogP) is 1.60. The van der Waals surface area contributed by atoms with E-state index in [-0.39, 0.29) is 29.4 Å². The Balaban J connectivity index is 1.73. The average Bonchev–Trinajstić information content (AvgIpc) is 2.97. The molecule has 5 atom stereocenters. The van der Waals surface area contributed by atoms with E-state index in [0.29, 0.717) is 12.3 Å². The first-order chi connectivity index (χ1) is 12.6. The fraction of sp³-hybridized carbons (Fsp3) is 0.500. The number of hydrogen-bond acceptors (Lipinski definition) is 5. The molecule has 1 fully saturated rings. The topological polar surface area (TPSA) is 65.1 Å². The summed E-state index contributed by atoms with van der Waals surface area (Å²) in [5.41, 5.74) is 2.11. The largest absolute Gasteiger partial charge is 0.493 e. The monoisotopic (exact) mass is 355 g/mol. The Kier molecular flexibility index (Phi) is 3.18. The van der Waals surface area contributed by atoms with Crippen molar-refractivity contribution in [2.45, 2.75) is 43.4 Å². The highest BCUT2D eigenvalue weighted by atomic mass is 16.6. The zero-order valence-electron chi connectivity index (χ0n) is 14.8. The van der Waals surface area contributed by atoms with Crippen molar-refractivity contribution < 1.29 is 23.8 Å². The van der Waals surface area contributed by atoms with Gasteiger partial charge in [0.1, 0.15) is 6.10 Å². The first-order valence-corrected chi connectivity index (χ1v) is 9.03. The van der Waals surface area contributed by atoms with Crippen LogP contribution in [-0.4, -0.2) is 49.2 Å². The van der Waals surface area contributed by atoms with Crippen LogP contribution in [0.3, 0.4) is 0 Å². The number of amides is 1. The van der Waals surface area contributed by atoms with Gasteiger partial charge in [-0.15, -0.1) is 0 Å². The highest BCUT2D eigenvalue weighted by Crippen LogP contribution is 2.62. The van der Waals surface area contributed by atoms with Crippen molar-refractivity contribution in [3.63, 3.8) is 0 Å². The molecule has 136 valence electrons. The lowest BCUT2D eigenvalue weighted by molar-refractivity contribution is -0.152. The van der Waals surface area contributed by atoms with E-state index in [0.717, 1.165) is 25.0 Å². The minimum atomic E-state index is -0.435. The lowest BCUT2D eigenvalue weighted by atomic mass is 9.53. The van der Waals surface area contributed by atoms with Gasteiger partial charge in [-0.05, 0) is 30.5 Å². The van der Waals surface area contributed by atoms with Gasteiger partial charge in [0.05, 0.1) is 12.5 Å². The van der Waals surface area contributed by atoms with Gasteiger partial charge >= 0.3 is 5.97 Å². The van der Waals surface area contributed by atoms with Crippen LogP contribution in [0.1, 0.15) is 24.5 Å². The molecule has 1 saturated heterocycles. The molecular formula is C20H21NO5. The van der Waals surface area contributed by atoms with Gasteiger partial charge in [-0.1, -0.05) is 12.1 Å². The molecule has 6 nitrogen and oxygen atoms in total. The lowest BCUT2D eigenvalue weighted by Gasteiger charge is -2.56. The minimum absolute atomic E-state index is 0.105. The summed E-state index contributed by atoms with van der Waals surface area (Å²) in [6.45, 7) is 2.10. The third-order valence-corrected chi connectivity index (χ3v) is 6.54. The van der Waals surface area contributed by atoms with Crippen molar-refractivity contribution in [2.24, 2.45) is 5.92 Å². The summed E-state index contributed by atoms with van der Waals surface area (Å²) >= 11 is 0. The van der Waals surface area contributed by atoms with Crippen molar-refractivity contribution in [1.82, 2.24) is 4.90 Å². The average molecular weight is 355 g/mol. The van der Waals surface area contributed by atoms with Gasteiger partial charge in [0.25, 0.3) is 0 Å². The molecule has 2 aliphatic heterocycles. The quantitative estimate of drug-likeness (QED) is 0.468. The molecule has 5 rings (SSSR count). The maximum atomic E-state index is 11.6. The number of carbonyl (C=O) groups is 2. The van der Waals surface area contributed by atoms with Gasteiger partial charge in [0, 0.05) is 31.0 Å². The summed E-state index contributed by atoms with van der Waals surface area (Å²) in [6.07, 6.45) is 5.89. The number of carbonyl (C=O) groups excluding carboxylic acids is 2. The van der Waals surface area contributed by atoms with Gasteiger partial charge in [0.15, 0.2) is 17.6 Å². The maximum absolute atomic E-state index is 11.6. The summed E-state index contributed by atoms with van der Waals surface area (Å²) in [4.78, 5) is 25.2. The van der Waals surface area contributed by atoms with Gasteiger partial charge in [-0.2, -0.15) is 0 Å². The molecule has 1 aromatic carbocycles. The van der Waals surface area contributed by atoms with E-state index in [1.54, 1.807) is 7.11 Å². The summed E-state index contributed by atoms with van der Waals surface area (Å²) < 4.78 is 17.6. The fourth-order valence-corrected chi connectivity index (χ4v) is 5.64. The normalized spacial score (nSPS) is 35.4. The van der Waals surface area contributed by atoms with Gasteiger partial charge < -0.3 is 19.1 Å². The van der Waals surface area contributed by atoms with Crippen LogP contribution >= 0.6 is 0 Å². The van der Waals surface area contributed by atoms with Crippen molar-refractivity contribution >= 4 is 12.4 Å². The molecule has 1 aromatic rings. The molecular weight excluding hydrogens is 334 g/mol. The van der Waals surface area contributed by atoms with E-state index in [2.05, 4.69) is 12.1 Å². The van der Waals surface area contributed by atoms with Gasteiger partial charge in [-0.3, -0.25) is 9.59 Å². The van der Waals surface area contributed by atoms with E-state index in [9.17, 15) is 9.59 Å². The first-order valence-electron chi connectivity index (χ1n) is 9.03. The van der Waals surface area contributed by atoms with Crippen LogP contribution in [0.15, 0.2) is 24.3 Å². The molecule has 26 heavy (non-hydrogen) atoms. The molecule has 1 spiro atoms. The molecule has 0 N–H and O–H groups in total. The van der Waals surface area contributed by atoms with Crippen LogP contribution in [0.4, 0.5) is 0 Å². The van der Waals surface area contributed by atoms with Crippen LogP contribution in [0, 0.1) is 5.92 Å². The summed E-state index contributed by atoms with van der Waals surface area (Å²) in [6, 6.07) is 4.12. The minimum Gasteiger partial charge on any atom is -0.493 e. The Hall–Kier alpha value is -2.50. The van der Waals surface area contributed by atoms with Gasteiger partial charge in [0.2, 0.25) is 6.41 Å². The van der Waals surface area contributed by atoms with Crippen LogP contribution < -0.4 is 9.47 Å². The molecule has 1 amide bonds. The zero-order valence-corrected chi connectivity index (χ0v) is 14.8. The summed E-state index contributed by atoms with van der Waals surface area (Å²) in [5, 5.41) is 0. The van der Waals surface area contributed by atoms with E-state index in [1.165, 1.54) is 18.1 Å². The lowest BCUT2D eigenvalue weighted by Crippen LogP contribution is -2.65.